The lowest BCUT2D eigenvalue weighted by Gasteiger charge is -2.27. The molecule has 0 bridgehead atoms. The summed E-state index contributed by atoms with van der Waals surface area (Å²) >= 11 is 0. The van der Waals surface area contributed by atoms with E-state index < -0.39 is 0 Å². The summed E-state index contributed by atoms with van der Waals surface area (Å²) in [4.78, 5) is 4.71. The molecular formula is C60H48N2. The molecule has 0 aliphatic heterocycles. The van der Waals surface area contributed by atoms with Gasteiger partial charge in [-0.15, -0.1) is 0 Å². The first-order chi connectivity index (χ1) is 30.7. The highest BCUT2D eigenvalue weighted by molar-refractivity contribution is 6.26. The van der Waals surface area contributed by atoms with Gasteiger partial charge in [-0.1, -0.05) is 196 Å². The van der Waals surface area contributed by atoms with E-state index in [9.17, 15) is 0 Å². The Morgan fingerprint density at radius 1 is 0.226 bits per heavy atom. The second-order valence-corrected chi connectivity index (χ2v) is 15.0. The highest BCUT2D eigenvalue weighted by Gasteiger charge is 2.18. The van der Waals surface area contributed by atoms with E-state index in [1.807, 2.05) is 26.0 Å². The van der Waals surface area contributed by atoms with Gasteiger partial charge in [-0.05, 0) is 127 Å². The van der Waals surface area contributed by atoms with E-state index in [0.717, 1.165) is 45.3 Å². The normalized spacial score (nSPS) is 11.3. The number of hydrogen-bond donors (Lipinski definition) is 0. The Labute approximate surface area is 365 Å². The summed E-state index contributed by atoms with van der Waals surface area (Å²) in [5.74, 6) is 0. The highest BCUT2D eigenvalue weighted by atomic mass is 15.1. The lowest BCUT2D eigenvalue weighted by Crippen LogP contribution is -2.10. The summed E-state index contributed by atoms with van der Waals surface area (Å²) in [7, 11) is 0. The monoisotopic (exact) mass is 796 g/mol. The lowest BCUT2D eigenvalue weighted by molar-refractivity contribution is 1.29. The number of hydrogen-bond acceptors (Lipinski definition) is 2. The summed E-state index contributed by atoms with van der Waals surface area (Å²) in [6, 6.07) is 82.6. The van der Waals surface area contributed by atoms with Crippen LogP contribution < -0.4 is 9.80 Å². The minimum atomic E-state index is 1.11. The number of anilines is 6. The van der Waals surface area contributed by atoms with Crippen LogP contribution in [0.25, 0.3) is 56.6 Å². The minimum absolute atomic E-state index is 1.11. The maximum Gasteiger partial charge on any atom is 0.0468 e. The molecule has 0 aliphatic carbocycles. The van der Waals surface area contributed by atoms with Crippen molar-refractivity contribution < 1.29 is 0 Å². The zero-order valence-electron chi connectivity index (χ0n) is 35.1. The van der Waals surface area contributed by atoms with Gasteiger partial charge in [0.05, 0.1) is 0 Å². The largest absolute Gasteiger partial charge is 0.310 e. The molecule has 0 aliphatic rings. The number of nitrogens with zero attached hydrogens (tertiary/aromatic N) is 2. The third kappa shape index (κ3) is 8.41. The summed E-state index contributed by atoms with van der Waals surface area (Å²) in [6.45, 7) is 4.00. The number of para-hydroxylation sites is 2. The maximum absolute atomic E-state index is 2.37. The van der Waals surface area contributed by atoms with Crippen LogP contribution in [0.4, 0.5) is 34.1 Å². The summed E-state index contributed by atoms with van der Waals surface area (Å²) < 4.78 is 0. The van der Waals surface area contributed by atoms with Crippen molar-refractivity contribution in [1.29, 1.82) is 0 Å². The van der Waals surface area contributed by atoms with Gasteiger partial charge < -0.3 is 9.80 Å². The SMILES string of the molecule is C(=C\c1ccc(N(c2ccccc2)c2ccc3c4ccc(N(c5ccccc5)c5ccc(/C=C/c6ccccc6)cc5)cc4c4ccccc4c3c2)cc1)/c1ccccc1.CC. The fourth-order valence-electron chi connectivity index (χ4n) is 8.24. The fourth-order valence-corrected chi connectivity index (χ4v) is 8.24. The highest BCUT2D eigenvalue weighted by Crippen LogP contribution is 2.43. The van der Waals surface area contributed by atoms with E-state index in [1.54, 1.807) is 0 Å². The van der Waals surface area contributed by atoms with E-state index >= 15 is 0 Å². The van der Waals surface area contributed by atoms with E-state index in [-0.39, 0.29) is 0 Å². The quantitative estimate of drug-likeness (QED) is 0.100. The van der Waals surface area contributed by atoms with Gasteiger partial charge >= 0.3 is 0 Å². The van der Waals surface area contributed by atoms with Crippen LogP contribution in [0.2, 0.25) is 0 Å². The van der Waals surface area contributed by atoms with Crippen LogP contribution in [0.15, 0.2) is 231 Å². The third-order valence-electron chi connectivity index (χ3n) is 11.2. The van der Waals surface area contributed by atoms with Gasteiger partial charge in [-0.3, -0.25) is 0 Å². The van der Waals surface area contributed by atoms with Gasteiger partial charge in [0.25, 0.3) is 0 Å². The zero-order chi connectivity index (χ0) is 42.1. The average molecular weight is 797 g/mol. The molecular weight excluding hydrogens is 749 g/mol. The average Bonchev–Trinajstić information content (AvgIpc) is 3.35. The standard InChI is InChI=1S/C58H42N2.C2H6/c1-5-15-43(16-6-1)25-27-45-29-33-49(34-30-45)59(47-19-9-3-10-20-47)51-37-39-55-56-40-38-52(42-58(56)54-24-14-13-23-53(54)57(55)41-51)60(48-21-11-4-12-22-48)50-35-31-46(32-36-50)28-26-44-17-7-2-8-18-44;1-2/h1-42H;1-2H3/b27-25+,28-26+;. The Bertz CT molecular complexity index is 2870. The van der Waals surface area contributed by atoms with Crippen molar-refractivity contribution in [3.8, 4) is 0 Å². The Kier molecular flexibility index (Phi) is 11.8. The van der Waals surface area contributed by atoms with Gasteiger partial charge in [0.15, 0.2) is 0 Å². The maximum atomic E-state index is 2.37. The van der Waals surface area contributed by atoms with Gasteiger partial charge in [0, 0.05) is 34.1 Å². The number of fused-ring (bicyclic) bond motifs is 6. The van der Waals surface area contributed by atoms with Crippen LogP contribution in [0.5, 0.6) is 0 Å². The van der Waals surface area contributed by atoms with Crippen LogP contribution in [0.1, 0.15) is 36.1 Å². The molecule has 2 nitrogen and oxygen atoms in total. The van der Waals surface area contributed by atoms with Crippen LogP contribution in [0.3, 0.4) is 0 Å². The van der Waals surface area contributed by atoms with Crippen LogP contribution >= 0.6 is 0 Å². The molecule has 0 atom stereocenters. The van der Waals surface area contributed by atoms with Crippen molar-refractivity contribution in [3.05, 3.63) is 253 Å². The first kappa shape index (κ1) is 39.5. The smallest absolute Gasteiger partial charge is 0.0468 e. The number of rotatable bonds is 10. The molecule has 0 spiro atoms. The van der Waals surface area contributed by atoms with Gasteiger partial charge in [-0.2, -0.15) is 0 Å². The van der Waals surface area contributed by atoms with Gasteiger partial charge in [0.2, 0.25) is 0 Å². The zero-order valence-corrected chi connectivity index (χ0v) is 35.1. The lowest BCUT2D eigenvalue weighted by atomic mass is 9.93. The topological polar surface area (TPSA) is 6.48 Å². The molecule has 62 heavy (non-hydrogen) atoms. The first-order valence-corrected chi connectivity index (χ1v) is 21.5. The molecule has 0 fully saturated rings. The predicted octanol–water partition coefficient (Wildman–Crippen LogP) is 17.5. The molecule has 10 rings (SSSR count). The molecule has 0 saturated heterocycles. The van der Waals surface area contributed by atoms with Crippen molar-refractivity contribution >= 4 is 90.7 Å². The molecule has 0 heterocycles. The first-order valence-electron chi connectivity index (χ1n) is 21.5. The van der Waals surface area contributed by atoms with E-state index in [2.05, 4.69) is 252 Å². The Hall–Kier alpha value is -7.94. The van der Waals surface area contributed by atoms with Gasteiger partial charge in [-0.25, -0.2) is 0 Å². The number of benzene rings is 10. The molecule has 0 radical (unpaired) electrons. The molecule has 0 aromatic heterocycles. The Balaban J connectivity index is 0.00000242. The molecule has 0 N–H and O–H groups in total. The second kappa shape index (κ2) is 18.5. The molecule has 298 valence electrons. The van der Waals surface area contributed by atoms with Crippen molar-refractivity contribution in [1.82, 2.24) is 0 Å². The fraction of sp³-hybridized carbons (Fsp3) is 0.0333. The van der Waals surface area contributed by atoms with Crippen LogP contribution in [-0.2, 0) is 0 Å². The molecule has 0 amide bonds. The van der Waals surface area contributed by atoms with Crippen molar-refractivity contribution in [2.24, 2.45) is 0 Å². The van der Waals surface area contributed by atoms with Crippen molar-refractivity contribution in [2.75, 3.05) is 9.80 Å². The van der Waals surface area contributed by atoms with E-state index in [4.69, 9.17) is 0 Å². The van der Waals surface area contributed by atoms with Crippen molar-refractivity contribution in [3.63, 3.8) is 0 Å². The van der Waals surface area contributed by atoms with Crippen LogP contribution in [-0.4, -0.2) is 0 Å². The molecule has 2 heteroatoms. The summed E-state index contributed by atoms with van der Waals surface area (Å²) in [6.07, 6.45) is 8.67. The van der Waals surface area contributed by atoms with E-state index in [1.165, 1.54) is 43.4 Å². The minimum Gasteiger partial charge on any atom is -0.310 e. The summed E-state index contributed by atoms with van der Waals surface area (Å²) in [5.41, 5.74) is 11.3. The van der Waals surface area contributed by atoms with Crippen molar-refractivity contribution in [2.45, 2.75) is 13.8 Å². The molecule has 0 saturated carbocycles. The molecule has 10 aromatic rings. The molecule has 10 aromatic carbocycles. The summed E-state index contributed by atoms with van der Waals surface area (Å²) in [5, 5.41) is 7.38. The Morgan fingerprint density at radius 3 is 0.839 bits per heavy atom. The molecule has 0 unspecified atom stereocenters. The van der Waals surface area contributed by atoms with Gasteiger partial charge in [0.1, 0.15) is 0 Å². The predicted molar refractivity (Wildman–Crippen MR) is 270 cm³/mol. The second-order valence-electron chi connectivity index (χ2n) is 15.0. The third-order valence-corrected chi connectivity index (χ3v) is 11.2. The van der Waals surface area contributed by atoms with Crippen LogP contribution in [0, 0.1) is 0 Å². The van der Waals surface area contributed by atoms with E-state index in [0.29, 0.717) is 0 Å². The Morgan fingerprint density at radius 2 is 0.484 bits per heavy atom.